The molecule has 2 aliphatic heterocycles. The summed E-state index contributed by atoms with van der Waals surface area (Å²) in [6.45, 7) is 3.18. The van der Waals surface area contributed by atoms with Crippen molar-refractivity contribution >= 4 is 17.2 Å². The maximum atomic E-state index is 12.0. The van der Waals surface area contributed by atoms with Crippen molar-refractivity contribution in [3.8, 4) is 0 Å². The summed E-state index contributed by atoms with van der Waals surface area (Å²) in [5.41, 5.74) is 1.37. The Morgan fingerprint density at radius 3 is 2.81 bits per heavy atom. The van der Waals surface area contributed by atoms with Gasteiger partial charge in [0.25, 0.3) is 5.91 Å². The number of rotatable bonds is 3. The molecule has 2 fully saturated rings. The van der Waals surface area contributed by atoms with Crippen molar-refractivity contribution in [1.29, 1.82) is 0 Å². The molecule has 2 aliphatic rings. The summed E-state index contributed by atoms with van der Waals surface area (Å²) in [5.74, 6) is 0.118. The van der Waals surface area contributed by atoms with E-state index in [0.29, 0.717) is 0 Å². The van der Waals surface area contributed by atoms with E-state index in [4.69, 9.17) is 4.74 Å². The summed E-state index contributed by atoms with van der Waals surface area (Å²) in [5, 5.41) is 4.36. The molecule has 0 unspecified atom stereocenters. The fraction of sp³-hybridized carbons (Fsp3) is 0.688. The molecule has 1 atom stereocenters. The standard InChI is InChI=1S/C16H24N2O2S/c1-17(2)15(19)14-3-5-16(20-14)6-8-18(9-7-16)11-13-4-10-21-12-13/h4,10,12,14H,3,5-9,11H2,1-2H3/t14-/m0/s1. The monoisotopic (exact) mass is 308 g/mol. The molecule has 0 N–H and O–H groups in total. The Balaban J connectivity index is 1.52. The third-order valence-corrected chi connectivity index (χ3v) is 5.46. The van der Waals surface area contributed by atoms with E-state index in [0.717, 1.165) is 45.3 Å². The smallest absolute Gasteiger partial charge is 0.251 e. The van der Waals surface area contributed by atoms with Crippen molar-refractivity contribution in [2.75, 3.05) is 27.2 Å². The molecule has 2 saturated heterocycles. The Labute approximate surface area is 130 Å². The zero-order valence-corrected chi connectivity index (χ0v) is 13.7. The molecule has 1 spiro atoms. The molecule has 1 aromatic rings. The van der Waals surface area contributed by atoms with Crippen LogP contribution in [0.1, 0.15) is 31.2 Å². The van der Waals surface area contributed by atoms with Gasteiger partial charge in [0.1, 0.15) is 6.10 Å². The van der Waals surface area contributed by atoms with E-state index in [9.17, 15) is 4.79 Å². The van der Waals surface area contributed by atoms with Crippen LogP contribution in [0.3, 0.4) is 0 Å². The zero-order chi connectivity index (χ0) is 14.9. The van der Waals surface area contributed by atoms with E-state index in [1.54, 1.807) is 30.3 Å². The lowest BCUT2D eigenvalue weighted by Gasteiger charge is -2.39. The van der Waals surface area contributed by atoms with Crippen LogP contribution < -0.4 is 0 Å². The van der Waals surface area contributed by atoms with Gasteiger partial charge in [-0.3, -0.25) is 9.69 Å². The first-order valence-corrected chi connectivity index (χ1v) is 8.65. The van der Waals surface area contributed by atoms with Gasteiger partial charge >= 0.3 is 0 Å². The SMILES string of the molecule is CN(C)C(=O)[C@@H]1CCC2(CCN(Cc3ccsc3)CC2)O1. The second-order valence-electron chi connectivity index (χ2n) is 6.47. The van der Waals surface area contributed by atoms with E-state index in [2.05, 4.69) is 21.7 Å². The number of ether oxygens (including phenoxy) is 1. The van der Waals surface area contributed by atoms with Crippen molar-refractivity contribution < 1.29 is 9.53 Å². The minimum absolute atomic E-state index is 0.0402. The van der Waals surface area contributed by atoms with Crippen LogP contribution >= 0.6 is 11.3 Å². The van der Waals surface area contributed by atoms with Crippen LogP contribution in [0.5, 0.6) is 0 Å². The van der Waals surface area contributed by atoms with Crippen LogP contribution in [-0.2, 0) is 16.1 Å². The highest BCUT2D eigenvalue weighted by Gasteiger charge is 2.44. The van der Waals surface area contributed by atoms with Crippen LogP contribution in [0.4, 0.5) is 0 Å². The Bertz CT molecular complexity index is 478. The molecule has 5 heteroatoms. The van der Waals surface area contributed by atoms with Crippen molar-refractivity contribution in [3.63, 3.8) is 0 Å². The highest BCUT2D eigenvalue weighted by Crippen LogP contribution is 2.39. The van der Waals surface area contributed by atoms with Gasteiger partial charge in [-0.2, -0.15) is 11.3 Å². The number of piperidine rings is 1. The number of likely N-dealkylation sites (N-methyl/N-ethyl adjacent to an activating group) is 1. The lowest BCUT2D eigenvalue weighted by atomic mass is 9.88. The van der Waals surface area contributed by atoms with Gasteiger partial charge in [0.15, 0.2) is 0 Å². The Kier molecular flexibility index (Phi) is 4.33. The average molecular weight is 308 g/mol. The van der Waals surface area contributed by atoms with E-state index in [1.165, 1.54) is 5.56 Å². The molecule has 0 bridgehead atoms. The number of hydrogen-bond donors (Lipinski definition) is 0. The van der Waals surface area contributed by atoms with Gasteiger partial charge in [0.2, 0.25) is 0 Å². The van der Waals surface area contributed by atoms with Crippen molar-refractivity contribution in [2.24, 2.45) is 0 Å². The molecule has 0 aliphatic carbocycles. The molecule has 4 nitrogen and oxygen atoms in total. The first-order valence-electron chi connectivity index (χ1n) is 7.70. The summed E-state index contributed by atoms with van der Waals surface area (Å²) < 4.78 is 6.18. The molecule has 1 amide bonds. The summed E-state index contributed by atoms with van der Waals surface area (Å²) in [6.07, 6.45) is 3.79. The molecule has 3 rings (SSSR count). The van der Waals surface area contributed by atoms with Crippen molar-refractivity contribution in [2.45, 2.75) is 43.9 Å². The van der Waals surface area contributed by atoms with Crippen molar-refractivity contribution in [1.82, 2.24) is 9.80 Å². The van der Waals surface area contributed by atoms with E-state index < -0.39 is 0 Å². The minimum atomic E-state index is -0.219. The van der Waals surface area contributed by atoms with E-state index >= 15 is 0 Å². The van der Waals surface area contributed by atoms with Gasteiger partial charge in [-0.25, -0.2) is 0 Å². The Hall–Kier alpha value is -0.910. The Morgan fingerprint density at radius 2 is 2.19 bits per heavy atom. The molecule has 116 valence electrons. The number of hydrogen-bond acceptors (Lipinski definition) is 4. The normalized spacial score (nSPS) is 25.3. The summed E-state index contributed by atoms with van der Waals surface area (Å²) in [4.78, 5) is 16.2. The maximum absolute atomic E-state index is 12.0. The number of carbonyl (C=O) groups is 1. The predicted octanol–water partition coefficient (Wildman–Crippen LogP) is 2.35. The third-order valence-electron chi connectivity index (χ3n) is 4.72. The third kappa shape index (κ3) is 3.30. The molecule has 0 saturated carbocycles. The highest BCUT2D eigenvalue weighted by atomic mass is 32.1. The number of likely N-dealkylation sites (tertiary alicyclic amines) is 1. The topological polar surface area (TPSA) is 32.8 Å². The predicted molar refractivity (Wildman–Crippen MR) is 84.4 cm³/mol. The van der Waals surface area contributed by atoms with Crippen LogP contribution in [0.25, 0.3) is 0 Å². The molecule has 3 heterocycles. The van der Waals surface area contributed by atoms with Crippen LogP contribution in [-0.4, -0.2) is 54.6 Å². The quantitative estimate of drug-likeness (QED) is 0.859. The van der Waals surface area contributed by atoms with Gasteiger partial charge in [-0.1, -0.05) is 0 Å². The fourth-order valence-electron chi connectivity index (χ4n) is 3.40. The lowest BCUT2D eigenvalue weighted by molar-refractivity contribution is -0.148. The average Bonchev–Trinajstić information content (AvgIpc) is 3.11. The Morgan fingerprint density at radius 1 is 1.43 bits per heavy atom. The lowest BCUT2D eigenvalue weighted by Crippen LogP contribution is -2.45. The zero-order valence-electron chi connectivity index (χ0n) is 12.9. The maximum Gasteiger partial charge on any atom is 0.251 e. The summed E-state index contributed by atoms with van der Waals surface area (Å²) in [6, 6.07) is 2.20. The molecule has 0 aromatic carbocycles. The van der Waals surface area contributed by atoms with Crippen LogP contribution in [0.15, 0.2) is 16.8 Å². The first kappa shape index (κ1) is 15.0. The second-order valence-corrected chi connectivity index (χ2v) is 7.25. The van der Waals surface area contributed by atoms with Gasteiger partial charge in [-0.15, -0.1) is 0 Å². The molecule has 0 radical (unpaired) electrons. The fourth-order valence-corrected chi connectivity index (χ4v) is 4.06. The number of carbonyl (C=O) groups excluding carboxylic acids is 1. The highest BCUT2D eigenvalue weighted by molar-refractivity contribution is 7.07. The molecular weight excluding hydrogens is 284 g/mol. The van der Waals surface area contributed by atoms with Gasteiger partial charge in [0.05, 0.1) is 5.60 Å². The van der Waals surface area contributed by atoms with E-state index in [1.807, 2.05) is 0 Å². The summed E-state index contributed by atoms with van der Waals surface area (Å²) >= 11 is 1.76. The first-order chi connectivity index (χ1) is 10.1. The summed E-state index contributed by atoms with van der Waals surface area (Å²) in [7, 11) is 3.61. The largest absolute Gasteiger partial charge is 0.362 e. The minimum Gasteiger partial charge on any atom is -0.362 e. The second kappa shape index (κ2) is 6.07. The molecule has 21 heavy (non-hydrogen) atoms. The van der Waals surface area contributed by atoms with E-state index in [-0.39, 0.29) is 17.6 Å². The van der Waals surface area contributed by atoms with Gasteiger partial charge in [-0.05, 0) is 48.1 Å². The van der Waals surface area contributed by atoms with Gasteiger partial charge < -0.3 is 9.64 Å². The van der Waals surface area contributed by atoms with Crippen LogP contribution in [0, 0.1) is 0 Å². The van der Waals surface area contributed by atoms with Crippen LogP contribution in [0.2, 0.25) is 0 Å². The molecular formula is C16H24N2O2S. The number of nitrogens with zero attached hydrogens (tertiary/aromatic N) is 2. The molecule has 1 aromatic heterocycles. The number of thiophene rings is 1. The van der Waals surface area contributed by atoms with Crippen molar-refractivity contribution in [3.05, 3.63) is 22.4 Å². The number of amides is 1. The van der Waals surface area contributed by atoms with Gasteiger partial charge in [0, 0.05) is 33.7 Å².